The molecule has 0 unspecified atom stereocenters. The number of benzene rings is 2. The van der Waals surface area contributed by atoms with Crippen molar-refractivity contribution in [1.29, 1.82) is 5.26 Å². The van der Waals surface area contributed by atoms with Gasteiger partial charge in [0.05, 0.1) is 28.8 Å². The van der Waals surface area contributed by atoms with E-state index in [2.05, 4.69) is 5.32 Å². The van der Waals surface area contributed by atoms with E-state index < -0.39 is 28.0 Å². The van der Waals surface area contributed by atoms with E-state index in [1.165, 1.54) is 45.3 Å². The van der Waals surface area contributed by atoms with Gasteiger partial charge in [0.2, 0.25) is 0 Å². The van der Waals surface area contributed by atoms with Crippen molar-refractivity contribution >= 4 is 27.6 Å². The summed E-state index contributed by atoms with van der Waals surface area (Å²) in [4.78, 5) is 29.2. The van der Waals surface area contributed by atoms with Gasteiger partial charge in [0.1, 0.15) is 6.07 Å². The molecule has 152 valence electrons. The molecule has 0 fully saturated rings. The van der Waals surface area contributed by atoms with Crippen LogP contribution in [0.5, 0.6) is 0 Å². The first-order valence-electron chi connectivity index (χ1n) is 8.34. The van der Waals surface area contributed by atoms with Crippen molar-refractivity contribution in [2.75, 3.05) is 19.5 Å². The predicted octanol–water partition coefficient (Wildman–Crippen LogP) is 1.92. The molecule has 1 N–H and O–H groups in total. The second-order valence-electron chi connectivity index (χ2n) is 5.82. The smallest absolute Gasteiger partial charge is 0.338 e. The Morgan fingerprint density at radius 3 is 2.52 bits per heavy atom. The fourth-order valence-electron chi connectivity index (χ4n) is 2.24. The van der Waals surface area contributed by atoms with Crippen LogP contribution in [-0.4, -0.2) is 45.0 Å². The van der Waals surface area contributed by atoms with E-state index in [1.807, 2.05) is 6.07 Å². The number of amides is 1. The molecule has 1 atom stereocenters. The Balaban J connectivity index is 2.13. The first-order chi connectivity index (χ1) is 13.7. The minimum atomic E-state index is -3.94. The van der Waals surface area contributed by atoms with E-state index in [1.54, 1.807) is 18.2 Å². The second kappa shape index (κ2) is 9.29. The molecule has 0 spiro atoms. The van der Waals surface area contributed by atoms with Crippen LogP contribution in [0.3, 0.4) is 0 Å². The number of para-hydroxylation sites is 1. The van der Waals surface area contributed by atoms with E-state index in [0.717, 1.165) is 6.07 Å². The van der Waals surface area contributed by atoms with Gasteiger partial charge in [-0.25, -0.2) is 13.2 Å². The maximum Gasteiger partial charge on any atom is 0.338 e. The van der Waals surface area contributed by atoms with Gasteiger partial charge in [-0.15, -0.1) is 0 Å². The molecule has 1 amide bonds. The summed E-state index contributed by atoms with van der Waals surface area (Å²) >= 11 is 0. The van der Waals surface area contributed by atoms with Crippen LogP contribution in [0, 0.1) is 11.3 Å². The fraction of sp³-hybridized carbons (Fsp3) is 0.211. The number of esters is 1. The normalized spacial score (nSPS) is 12.1. The van der Waals surface area contributed by atoms with Crippen LogP contribution < -0.4 is 5.32 Å². The third-order valence-electron chi connectivity index (χ3n) is 3.92. The van der Waals surface area contributed by atoms with E-state index in [4.69, 9.17) is 14.8 Å². The first kappa shape index (κ1) is 22.0. The monoisotopic (exact) mass is 417 g/mol. The second-order valence-corrected chi connectivity index (χ2v) is 7.76. The van der Waals surface area contributed by atoms with Crippen LogP contribution in [0.4, 0.5) is 5.69 Å². The lowest BCUT2D eigenvalue weighted by Gasteiger charge is -2.16. The largest absolute Gasteiger partial charge is 0.449 e. The number of nitrogens with one attached hydrogen (secondary N) is 1. The number of sulfonamides is 1. The number of ether oxygens (including phenoxy) is 1. The molecule has 0 aliphatic rings. The van der Waals surface area contributed by atoms with Crippen molar-refractivity contribution in [2.24, 2.45) is 0 Å². The molecule has 29 heavy (non-hydrogen) atoms. The Morgan fingerprint density at radius 2 is 1.86 bits per heavy atom. The van der Waals surface area contributed by atoms with Gasteiger partial charge in [0.15, 0.2) is 6.10 Å². The number of nitrogens with zero attached hydrogens (tertiary/aromatic N) is 2. The van der Waals surface area contributed by atoms with Gasteiger partial charge in [-0.1, -0.05) is 22.7 Å². The van der Waals surface area contributed by atoms with E-state index >= 15 is 0 Å². The van der Waals surface area contributed by atoms with Crippen molar-refractivity contribution in [3.63, 3.8) is 0 Å². The number of hydrogen-bond acceptors (Lipinski definition) is 7. The Morgan fingerprint density at radius 1 is 1.17 bits per heavy atom. The van der Waals surface area contributed by atoms with Crippen molar-refractivity contribution in [3.8, 4) is 6.07 Å². The van der Waals surface area contributed by atoms with Crippen LogP contribution in [0.25, 0.3) is 0 Å². The van der Waals surface area contributed by atoms with Crippen molar-refractivity contribution in [3.05, 3.63) is 59.7 Å². The number of hydrogen-bond donors (Lipinski definition) is 1. The van der Waals surface area contributed by atoms with Crippen LogP contribution in [0.15, 0.2) is 53.4 Å². The summed E-state index contributed by atoms with van der Waals surface area (Å²) in [7, 11) is -1.54. The quantitative estimate of drug-likeness (QED) is 0.539. The van der Waals surface area contributed by atoms with E-state index in [9.17, 15) is 18.0 Å². The van der Waals surface area contributed by atoms with Crippen molar-refractivity contribution in [2.45, 2.75) is 17.9 Å². The molecule has 0 heterocycles. The Hall–Kier alpha value is -3.26. The Bertz CT molecular complexity index is 1060. The summed E-state index contributed by atoms with van der Waals surface area (Å²) in [5.41, 5.74) is 0.505. The van der Waals surface area contributed by atoms with Crippen molar-refractivity contribution in [1.82, 2.24) is 4.47 Å². The van der Waals surface area contributed by atoms with Gasteiger partial charge in [-0.05, 0) is 37.3 Å². The maximum atomic E-state index is 12.4. The average Bonchev–Trinajstić information content (AvgIpc) is 2.73. The summed E-state index contributed by atoms with van der Waals surface area (Å²) in [6.07, 6.45) is -1.18. The maximum absolute atomic E-state index is 12.4. The zero-order valence-electron chi connectivity index (χ0n) is 15.9. The van der Waals surface area contributed by atoms with Crippen LogP contribution in [0.2, 0.25) is 0 Å². The minimum absolute atomic E-state index is 0.0485. The molecule has 0 bridgehead atoms. The van der Waals surface area contributed by atoms with Gasteiger partial charge in [-0.3, -0.25) is 9.63 Å². The van der Waals surface area contributed by atoms with Gasteiger partial charge >= 0.3 is 5.97 Å². The Kier molecular flexibility index (Phi) is 7.06. The minimum Gasteiger partial charge on any atom is -0.449 e. The van der Waals surface area contributed by atoms with Crippen LogP contribution >= 0.6 is 0 Å². The van der Waals surface area contributed by atoms with Gasteiger partial charge < -0.3 is 10.1 Å². The molecule has 2 aromatic rings. The molecule has 2 aromatic carbocycles. The molecular weight excluding hydrogens is 398 g/mol. The SMILES string of the molecule is CON(C)S(=O)(=O)c1cccc(C(=O)O[C@@H](C)C(=O)Nc2ccccc2C#N)c1. The van der Waals surface area contributed by atoms with Crippen LogP contribution in [-0.2, 0) is 24.4 Å². The lowest BCUT2D eigenvalue weighted by molar-refractivity contribution is -0.123. The molecule has 0 radical (unpaired) electrons. The third-order valence-corrected chi connectivity index (χ3v) is 5.60. The summed E-state index contributed by atoms with van der Waals surface area (Å²) in [6, 6.07) is 13.5. The first-order valence-corrected chi connectivity index (χ1v) is 9.78. The van der Waals surface area contributed by atoms with Gasteiger partial charge in [0.25, 0.3) is 15.9 Å². The zero-order chi connectivity index (χ0) is 21.6. The zero-order valence-corrected chi connectivity index (χ0v) is 16.8. The standard InChI is InChI=1S/C19H19N3O6S/c1-13(18(23)21-17-10-5-4-7-15(17)12-20)28-19(24)14-8-6-9-16(11-14)29(25,26)22(2)27-3/h4-11,13H,1-3H3,(H,21,23)/t13-/m0/s1. The molecule has 0 aliphatic carbocycles. The average molecular weight is 417 g/mol. The van der Waals surface area contributed by atoms with E-state index in [0.29, 0.717) is 10.2 Å². The van der Waals surface area contributed by atoms with E-state index in [-0.39, 0.29) is 16.0 Å². The summed E-state index contributed by atoms with van der Waals surface area (Å²) < 4.78 is 30.4. The highest BCUT2D eigenvalue weighted by Gasteiger charge is 2.24. The number of hydroxylamine groups is 1. The highest BCUT2D eigenvalue weighted by Crippen LogP contribution is 2.18. The summed E-state index contributed by atoms with van der Waals surface area (Å²) in [5, 5.41) is 11.6. The summed E-state index contributed by atoms with van der Waals surface area (Å²) in [5.74, 6) is -1.51. The lowest BCUT2D eigenvalue weighted by atomic mass is 10.2. The third kappa shape index (κ3) is 5.17. The van der Waals surface area contributed by atoms with Gasteiger partial charge in [-0.2, -0.15) is 5.26 Å². The number of carbonyl (C=O) groups is 2. The number of rotatable bonds is 7. The molecule has 0 saturated carbocycles. The molecule has 9 nitrogen and oxygen atoms in total. The predicted molar refractivity (Wildman–Crippen MR) is 103 cm³/mol. The molecule has 0 saturated heterocycles. The number of anilines is 1. The molecule has 0 aromatic heterocycles. The molecular formula is C19H19N3O6S. The highest BCUT2D eigenvalue weighted by molar-refractivity contribution is 7.89. The number of nitriles is 1. The molecule has 0 aliphatic heterocycles. The van der Waals surface area contributed by atoms with Gasteiger partial charge in [0, 0.05) is 7.05 Å². The lowest BCUT2D eigenvalue weighted by Crippen LogP contribution is -2.30. The van der Waals surface area contributed by atoms with Crippen molar-refractivity contribution < 1.29 is 27.6 Å². The summed E-state index contributed by atoms with van der Waals surface area (Å²) in [6.45, 7) is 1.36. The fourth-order valence-corrected chi connectivity index (χ4v) is 3.26. The number of carbonyl (C=O) groups excluding carboxylic acids is 2. The van der Waals surface area contributed by atoms with Crippen LogP contribution in [0.1, 0.15) is 22.8 Å². The Labute approximate surface area is 168 Å². The highest BCUT2D eigenvalue weighted by atomic mass is 32.2. The molecule has 2 rings (SSSR count). The topological polar surface area (TPSA) is 126 Å². The molecule has 10 heteroatoms.